The summed E-state index contributed by atoms with van der Waals surface area (Å²) in [6, 6.07) is 16.6. The summed E-state index contributed by atoms with van der Waals surface area (Å²) in [4.78, 5) is 13.2. The molecule has 0 bridgehead atoms. The van der Waals surface area contributed by atoms with Crippen molar-refractivity contribution in [3.63, 3.8) is 0 Å². The zero-order valence-corrected chi connectivity index (χ0v) is 21.8. The van der Waals surface area contributed by atoms with E-state index < -0.39 is 22.5 Å². The molecule has 1 amide bonds. The van der Waals surface area contributed by atoms with Crippen LogP contribution in [0.2, 0.25) is 0 Å². The molecule has 0 aromatic heterocycles. The lowest BCUT2D eigenvalue weighted by Crippen LogP contribution is -2.41. The van der Waals surface area contributed by atoms with E-state index in [2.05, 4.69) is 17.4 Å². The van der Waals surface area contributed by atoms with Crippen LogP contribution >= 0.6 is 0 Å². The van der Waals surface area contributed by atoms with Crippen molar-refractivity contribution in [2.45, 2.75) is 38.6 Å². The van der Waals surface area contributed by atoms with E-state index in [4.69, 9.17) is 9.47 Å². The number of anilines is 1. The molecule has 0 saturated heterocycles. The van der Waals surface area contributed by atoms with E-state index in [-0.39, 0.29) is 16.6 Å². The Morgan fingerprint density at radius 2 is 1.54 bits per heavy atom. The van der Waals surface area contributed by atoms with Gasteiger partial charge in [-0.3, -0.25) is 9.10 Å². The number of carbonyl (C=O) groups excluding carboxylic acids is 1. The summed E-state index contributed by atoms with van der Waals surface area (Å²) < 4.78 is 39.0. The number of methoxy groups -OCH3 is 2. The number of aryl methyl sites for hydroxylation is 3. The molecule has 0 aliphatic heterocycles. The number of benzene rings is 3. The Morgan fingerprint density at radius 1 is 0.914 bits per heavy atom. The molecule has 0 radical (unpaired) electrons. The third-order valence-electron chi connectivity index (χ3n) is 6.01. The standard InChI is InChI=1S/C27H32N2O5S/c1-18-15-20(3)24(16-19(18)2)21(4)28-27(30)17-29(25-9-7-8-10-26(25)34-6)35(31,32)23-13-11-22(33-5)12-14-23/h7-16,21H,17H2,1-6H3,(H,28,30). The molecule has 0 saturated carbocycles. The summed E-state index contributed by atoms with van der Waals surface area (Å²) in [6.45, 7) is 7.55. The fourth-order valence-corrected chi connectivity index (χ4v) is 5.39. The molecule has 0 aliphatic rings. The van der Waals surface area contributed by atoms with Gasteiger partial charge in [-0.25, -0.2) is 8.42 Å². The van der Waals surface area contributed by atoms with Crippen LogP contribution in [0.15, 0.2) is 65.6 Å². The fraction of sp³-hybridized carbons (Fsp3) is 0.296. The van der Waals surface area contributed by atoms with Gasteiger partial charge in [-0.05, 0) is 86.3 Å². The average Bonchev–Trinajstić information content (AvgIpc) is 2.84. The first kappa shape index (κ1) is 26.1. The first-order chi connectivity index (χ1) is 16.6. The molecule has 3 aromatic rings. The molecule has 0 fully saturated rings. The topological polar surface area (TPSA) is 84.9 Å². The summed E-state index contributed by atoms with van der Waals surface area (Å²) in [7, 11) is -1.12. The Hall–Kier alpha value is -3.52. The van der Waals surface area contributed by atoms with Crippen LogP contribution in [-0.4, -0.2) is 35.1 Å². The largest absolute Gasteiger partial charge is 0.497 e. The van der Waals surface area contributed by atoms with Crippen LogP contribution in [0.25, 0.3) is 0 Å². The van der Waals surface area contributed by atoms with Gasteiger partial charge in [0.1, 0.15) is 18.0 Å². The molecule has 0 heterocycles. The minimum atomic E-state index is -4.09. The number of nitrogens with one attached hydrogen (secondary N) is 1. The van der Waals surface area contributed by atoms with Gasteiger partial charge in [0.15, 0.2) is 0 Å². The highest BCUT2D eigenvalue weighted by Crippen LogP contribution is 2.32. The smallest absolute Gasteiger partial charge is 0.264 e. The van der Waals surface area contributed by atoms with Crippen LogP contribution in [-0.2, 0) is 14.8 Å². The minimum absolute atomic E-state index is 0.0371. The van der Waals surface area contributed by atoms with Gasteiger partial charge in [-0.15, -0.1) is 0 Å². The maximum Gasteiger partial charge on any atom is 0.264 e. The lowest BCUT2D eigenvalue weighted by Gasteiger charge is -2.27. The van der Waals surface area contributed by atoms with Crippen molar-refractivity contribution in [3.8, 4) is 11.5 Å². The molecule has 8 heteroatoms. The molecular formula is C27H32N2O5S. The molecule has 7 nitrogen and oxygen atoms in total. The first-order valence-electron chi connectivity index (χ1n) is 11.3. The highest BCUT2D eigenvalue weighted by atomic mass is 32.2. The maximum atomic E-state index is 13.7. The number of amides is 1. The molecule has 3 aromatic carbocycles. The Kier molecular flexibility index (Phi) is 8.07. The third-order valence-corrected chi connectivity index (χ3v) is 7.79. The summed E-state index contributed by atoms with van der Waals surface area (Å²) in [5.74, 6) is 0.441. The number of sulfonamides is 1. The molecule has 0 aliphatic carbocycles. The predicted octanol–water partition coefficient (Wildman–Crippen LogP) is 4.70. The van der Waals surface area contributed by atoms with Crippen LogP contribution < -0.4 is 19.1 Å². The van der Waals surface area contributed by atoms with Gasteiger partial charge in [0, 0.05) is 0 Å². The predicted molar refractivity (Wildman–Crippen MR) is 138 cm³/mol. The lowest BCUT2D eigenvalue weighted by molar-refractivity contribution is -0.120. The second kappa shape index (κ2) is 10.8. The van der Waals surface area contributed by atoms with Gasteiger partial charge in [0.2, 0.25) is 5.91 Å². The van der Waals surface area contributed by atoms with Crippen LogP contribution in [0.5, 0.6) is 11.5 Å². The Morgan fingerprint density at radius 3 is 2.17 bits per heavy atom. The van der Waals surface area contributed by atoms with Crippen molar-refractivity contribution in [3.05, 3.63) is 82.9 Å². The minimum Gasteiger partial charge on any atom is -0.497 e. The van der Waals surface area contributed by atoms with Gasteiger partial charge in [0.05, 0.1) is 30.8 Å². The molecule has 0 spiro atoms. The first-order valence-corrected chi connectivity index (χ1v) is 12.7. The van der Waals surface area contributed by atoms with E-state index in [1.807, 2.05) is 27.7 Å². The van der Waals surface area contributed by atoms with Crippen molar-refractivity contribution in [1.82, 2.24) is 5.32 Å². The fourth-order valence-electron chi connectivity index (χ4n) is 3.96. The number of para-hydroxylation sites is 2. The van der Waals surface area contributed by atoms with Crippen molar-refractivity contribution in [1.29, 1.82) is 0 Å². The van der Waals surface area contributed by atoms with Gasteiger partial charge in [0.25, 0.3) is 10.0 Å². The van der Waals surface area contributed by atoms with Gasteiger partial charge in [-0.2, -0.15) is 0 Å². The number of carbonyl (C=O) groups is 1. The molecule has 35 heavy (non-hydrogen) atoms. The highest BCUT2D eigenvalue weighted by Gasteiger charge is 2.30. The number of ether oxygens (including phenoxy) is 2. The zero-order chi connectivity index (χ0) is 25.8. The van der Waals surface area contributed by atoms with Crippen molar-refractivity contribution in [2.75, 3.05) is 25.1 Å². The van der Waals surface area contributed by atoms with Crippen molar-refractivity contribution < 1.29 is 22.7 Å². The average molecular weight is 497 g/mol. The Labute approximate surface area is 207 Å². The summed E-state index contributed by atoms with van der Waals surface area (Å²) in [5, 5.41) is 2.96. The van der Waals surface area contributed by atoms with Crippen LogP contribution in [0.3, 0.4) is 0 Å². The molecule has 1 atom stereocenters. The van der Waals surface area contributed by atoms with Gasteiger partial charge >= 0.3 is 0 Å². The Bertz CT molecular complexity index is 1300. The van der Waals surface area contributed by atoms with Crippen molar-refractivity contribution in [2.24, 2.45) is 0 Å². The van der Waals surface area contributed by atoms with E-state index in [1.54, 1.807) is 36.4 Å². The lowest BCUT2D eigenvalue weighted by atomic mass is 9.96. The van der Waals surface area contributed by atoms with E-state index in [0.717, 1.165) is 21.0 Å². The van der Waals surface area contributed by atoms with E-state index >= 15 is 0 Å². The highest BCUT2D eigenvalue weighted by molar-refractivity contribution is 7.92. The summed E-state index contributed by atoms with van der Waals surface area (Å²) in [6.07, 6.45) is 0. The van der Waals surface area contributed by atoms with Crippen LogP contribution in [0.4, 0.5) is 5.69 Å². The van der Waals surface area contributed by atoms with Crippen molar-refractivity contribution >= 4 is 21.6 Å². The molecular weight excluding hydrogens is 464 g/mol. The number of nitrogens with zero attached hydrogens (tertiary/aromatic N) is 1. The number of hydrogen-bond donors (Lipinski definition) is 1. The second-order valence-corrected chi connectivity index (χ2v) is 10.3. The quantitative estimate of drug-likeness (QED) is 0.464. The molecule has 1 unspecified atom stereocenters. The monoisotopic (exact) mass is 496 g/mol. The SMILES string of the molecule is COc1ccc(S(=O)(=O)N(CC(=O)NC(C)c2cc(C)c(C)cc2C)c2ccccc2OC)cc1. The third kappa shape index (κ3) is 5.77. The van der Waals surface area contributed by atoms with Gasteiger partial charge in [-0.1, -0.05) is 24.3 Å². The molecule has 3 rings (SSSR count). The number of hydrogen-bond acceptors (Lipinski definition) is 5. The second-order valence-electron chi connectivity index (χ2n) is 8.44. The van der Waals surface area contributed by atoms with Crippen LogP contribution in [0.1, 0.15) is 35.2 Å². The Balaban J connectivity index is 1.95. The van der Waals surface area contributed by atoms with Gasteiger partial charge < -0.3 is 14.8 Å². The molecule has 1 N–H and O–H groups in total. The summed E-state index contributed by atoms with van der Waals surface area (Å²) >= 11 is 0. The number of rotatable bonds is 9. The van der Waals surface area contributed by atoms with E-state index in [0.29, 0.717) is 11.5 Å². The van der Waals surface area contributed by atoms with Crippen LogP contribution in [0, 0.1) is 20.8 Å². The summed E-state index contributed by atoms with van der Waals surface area (Å²) in [5.41, 5.74) is 4.63. The maximum absolute atomic E-state index is 13.7. The normalized spacial score (nSPS) is 12.1. The molecule has 186 valence electrons. The van der Waals surface area contributed by atoms with E-state index in [1.165, 1.54) is 31.9 Å². The zero-order valence-electron chi connectivity index (χ0n) is 21.0. The van der Waals surface area contributed by atoms with E-state index in [9.17, 15) is 13.2 Å².